The molecule has 3 atom stereocenters. The molecule has 7 heteroatoms. The molecule has 0 aromatic rings. The first-order chi connectivity index (χ1) is 12.6. The van der Waals surface area contributed by atoms with Gasteiger partial charge in [0.15, 0.2) is 5.96 Å². The van der Waals surface area contributed by atoms with Crippen molar-refractivity contribution in [1.29, 1.82) is 0 Å². The van der Waals surface area contributed by atoms with Crippen LogP contribution in [0.3, 0.4) is 0 Å². The molecule has 1 aliphatic carbocycles. The van der Waals surface area contributed by atoms with Crippen LogP contribution in [-0.2, 0) is 10.8 Å². The zero-order valence-corrected chi connectivity index (χ0v) is 17.8. The first-order valence-electron chi connectivity index (χ1n) is 10.4. The van der Waals surface area contributed by atoms with E-state index < -0.39 is 10.8 Å². The first kappa shape index (κ1) is 21.6. The van der Waals surface area contributed by atoms with Crippen molar-refractivity contribution in [2.24, 2.45) is 4.99 Å². The normalized spacial score (nSPS) is 27.7. The van der Waals surface area contributed by atoms with E-state index in [0.29, 0.717) is 11.3 Å². The van der Waals surface area contributed by atoms with E-state index in [4.69, 9.17) is 4.99 Å². The molecule has 2 aliphatic rings. The molecule has 26 heavy (non-hydrogen) atoms. The lowest BCUT2D eigenvalue weighted by Crippen LogP contribution is -2.47. The van der Waals surface area contributed by atoms with Crippen LogP contribution in [0.25, 0.3) is 0 Å². The number of aliphatic imine (C=N–C) groups is 1. The van der Waals surface area contributed by atoms with Gasteiger partial charge in [-0.15, -0.1) is 0 Å². The molecule has 0 amide bonds. The van der Waals surface area contributed by atoms with Gasteiger partial charge in [-0.1, -0.05) is 13.3 Å². The Labute approximate surface area is 162 Å². The Morgan fingerprint density at radius 3 is 2.77 bits per heavy atom. The third-order valence-corrected chi connectivity index (χ3v) is 7.21. The fourth-order valence-electron chi connectivity index (χ4n) is 3.89. The molecule has 0 aromatic heterocycles. The average molecular weight is 386 g/mol. The van der Waals surface area contributed by atoms with Crippen LogP contribution in [-0.4, -0.2) is 89.9 Å². The number of likely N-dealkylation sites (N-methyl/N-ethyl adjacent to an activating group) is 1. The maximum Gasteiger partial charge on any atom is 0.191 e. The Morgan fingerprint density at radius 2 is 2.00 bits per heavy atom. The molecule has 1 heterocycles. The highest BCUT2D eigenvalue weighted by Crippen LogP contribution is 2.22. The molecule has 0 aromatic carbocycles. The van der Waals surface area contributed by atoms with Crippen molar-refractivity contribution in [3.8, 4) is 0 Å². The van der Waals surface area contributed by atoms with Crippen molar-refractivity contribution >= 4 is 16.8 Å². The van der Waals surface area contributed by atoms with Crippen LogP contribution < -0.4 is 10.6 Å². The predicted molar refractivity (Wildman–Crippen MR) is 112 cm³/mol. The molecule has 1 saturated heterocycles. The summed E-state index contributed by atoms with van der Waals surface area (Å²) in [6, 6.07) is 0.397. The molecule has 2 N–H and O–H groups in total. The largest absolute Gasteiger partial charge is 0.357 e. The second-order valence-corrected chi connectivity index (χ2v) is 9.56. The van der Waals surface area contributed by atoms with E-state index in [0.717, 1.165) is 70.1 Å². The van der Waals surface area contributed by atoms with Gasteiger partial charge >= 0.3 is 0 Å². The minimum atomic E-state index is -0.677. The van der Waals surface area contributed by atoms with Crippen molar-refractivity contribution in [2.45, 2.75) is 57.2 Å². The summed E-state index contributed by atoms with van der Waals surface area (Å²) in [5.41, 5.74) is 0. The lowest BCUT2D eigenvalue weighted by Gasteiger charge is -2.30. The third-order valence-electron chi connectivity index (χ3n) is 5.47. The molecule has 2 rings (SSSR count). The van der Waals surface area contributed by atoms with Crippen LogP contribution in [0.1, 0.15) is 46.0 Å². The van der Waals surface area contributed by atoms with Gasteiger partial charge in [-0.25, -0.2) is 0 Å². The van der Waals surface area contributed by atoms with E-state index in [1.165, 1.54) is 19.5 Å². The smallest absolute Gasteiger partial charge is 0.191 e. The highest BCUT2D eigenvalue weighted by molar-refractivity contribution is 7.85. The molecule has 152 valence electrons. The molecule has 0 bridgehead atoms. The van der Waals surface area contributed by atoms with Crippen molar-refractivity contribution < 1.29 is 4.21 Å². The number of guanidine groups is 1. The van der Waals surface area contributed by atoms with Gasteiger partial charge in [0, 0.05) is 54.0 Å². The highest BCUT2D eigenvalue weighted by Gasteiger charge is 2.26. The number of nitrogens with one attached hydrogen (secondary N) is 2. The molecule has 0 spiro atoms. The molecule has 0 radical (unpaired) electrons. The van der Waals surface area contributed by atoms with E-state index >= 15 is 0 Å². The molecule has 1 saturated carbocycles. The van der Waals surface area contributed by atoms with Crippen molar-refractivity contribution in [1.82, 2.24) is 20.4 Å². The van der Waals surface area contributed by atoms with Crippen LogP contribution in [0.4, 0.5) is 0 Å². The number of hydrogen-bond acceptors (Lipinski definition) is 4. The Balaban J connectivity index is 1.81. The molecule has 6 nitrogen and oxygen atoms in total. The van der Waals surface area contributed by atoms with Gasteiger partial charge < -0.3 is 20.4 Å². The lowest BCUT2D eigenvalue weighted by atomic mass is 9.95. The first-order valence-corrected chi connectivity index (χ1v) is 11.8. The van der Waals surface area contributed by atoms with E-state index in [-0.39, 0.29) is 0 Å². The van der Waals surface area contributed by atoms with Crippen molar-refractivity contribution in [3.63, 3.8) is 0 Å². The number of rotatable bonds is 7. The molecular formula is C19H39N5OS. The monoisotopic (exact) mass is 385 g/mol. The molecule has 2 fully saturated rings. The van der Waals surface area contributed by atoms with Crippen LogP contribution in [0.15, 0.2) is 4.99 Å². The Bertz CT molecular complexity index is 459. The topological polar surface area (TPSA) is 60.0 Å². The van der Waals surface area contributed by atoms with Crippen LogP contribution in [0.2, 0.25) is 0 Å². The minimum absolute atomic E-state index is 0.350. The maximum atomic E-state index is 12.2. The van der Waals surface area contributed by atoms with E-state index in [1.54, 1.807) is 0 Å². The zero-order valence-electron chi connectivity index (χ0n) is 17.0. The van der Waals surface area contributed by atoms with Crippen molar-refractivity contribution in [2.75, 3.05) is 58.6 Å². The maximum absolute atomic E-state index is 12.2. The fourth-order valence-corrected chi connectivity index (χ4v) is 5.24. The SMILES string of the molecule is CCNC(=NCCN1CCCN(C)CC1)NC1CCCC(S(=O)CC)C1. The summed E-state index contributed by atoms with van der Waals surface area (Å²) in [5.74, 6) is 1.70. The van der Waals surface area contributed by atoms with Gasteiger partial charge in [0.05, 0.1) is 6.54 Å². The third kappa shape index (κ3) is 7.53. The van der Waals surface area contributed by atoms with Gasteiger partial charge in [-0.05, 0) is 52.7 Å². The molecule has 1 aliphatic heterocycles. The van der Waals surface area contributed by atoms with Gasteiger partial charge in [0.1, 0.15) is 0 Å². The summed E-state index contributed by atoms with van der Waals surface area (Å²) in [7, 11) is 1.53. The van der Waals surface area contributed by atoms with Gasteiger partial charge in [-0.3, -0.25) is 9.20 Å². The number of nitrogens with zero attached hydrogens (tertiary/aromatic N) is 3. The Morgan fingerprint density at radius 1 is 1.15 bits per heavy atom. The summed E-state index contributed by atoms with van der Waals surface area (Å²) in [6.45, 7) is 11.5. The minimum Gasteiger partial charge on any atom is -0.357 e. The standard InChI is InChI=1S/C19H39N5OS/c1-4-20-19(21-10-13-24-12-7-11-23(3)14-15-24)22-17-8-6-9-18(16-17)26(25)5-2/h17-18H,4-16H2,1-3H3,(H2,20,21,22). The Hall–Kier alpha value is -0.660. The summed E-state index contributed by atoms with van der Waals surface area (Å²) < 4.78 is 12.2. The summed E-state index contributed by atoms with van der Waals surface area (Å²) in [4.78, 5) is 9.74. The number of hydrogen-bond donors (Lipinski definition) is 2. The highest BCUT2D eigenvalue weighted by atomic mass is 32.2. The molecule has 3 unspecified atom stereocenters. The van der Waals surface area contributed by atoms with E-state index in [1.807, 2.05) is 6.92 Å². The second kappa shape index (κ2) is 11.9. The second-order valence-electron chi connectivity index (χ2n) is 7.56. The Kier molecular flexibility index (Phi) is 9.93. The van der Waals surface area contributed by atoms with Gasteiger partial charge in [0.25, 0.3) is 0 Å². The van der Waals surface area contributed by atoms with E-state index in [9.17, 15) is 4.21 Å². The van der Waals surface area contributed by atoms with Gasteiger partial charge in [0.2, 0.25) is 0 Å². The zero-order chi connectivity index (χ0) is 18.8. The van der Waals surface area contributed by atoms with Crippen LogP contribution in [0.5, 0.6) is 0 Å². The van der Waals surface area contributed by atoms with Crippen LogP contribution >= 0.6 is 0 Å². The average Bonchev–Trinajstić information content (AvgIpc) is 2.86. The quantitative estimate of drug-likeness (QED) is 0.510. The van der Waals surface area contributed by atoms with E-state index in [2.05, 4.69) is 34.4 Å². The molecular weight excluding hydrogens is 346 g/mol. The van der Waals surface area contributed by atoms with Gasteiger partial charge in [-0.2, -0.15) is 0 Å². The summed E-state index contributed by atoms with van der Waals surface area (Å²) >= 11 is 0. The lowest BCUT2D eigenvalue weighted by molar-refractivity contribution is 0.283. The predicted octanol–water partition coefficient (Wildman–Crippen LogP) is 1.26. The van der Waals surface area contributed by atoms with Crippen molar-refractivity contribution in [3.05, 3.63) is 0 Å². The summed E-state index contributed by atoms with van der Waals surface area (Å²) in [5, 5.41) is 7.33. The summed E-state index contributed by atoms with van der Waals surface area (Å²) in [6.07, 6.45) is 5.67. The fraction of sp³-hybridized carbons (Fsp3) is 0.947. The van der Waals surface area contributed by atoms with Crippen LogP contribution in [0, 0.1) is 0 Å².